The Balaban J connectivity index is 1.30. The zero-order valence-electron chi connectivity index (χ0n) is 18.9. The van der Waals surface area contributed by atoms with E-state index < -0.39 is 11.9 Å². The monoisotopic (exact) mass is 454 g/mol. The molecule has 2 aromatic carbocycles. The van der Waals surface area contributed by atoms with Crippen molar-refractivity contribution in [3.8, 4) is 0 Å². The van der Waals surface area contributed by atoms with Crippen LogP contribution in [-0.4, -0.2) is 34.4 Å². The molecule has 2 bridgehead atoms. The van der Waals surface area contributed by atoms with E-state index in [0.717, 1.165) is 12.0 Å². The maximum Gasteiger partial charge on any atom is 0.248 e. The molecular weight excluding hydrogens is 428 g/mol. The van der Waals surface area contributed by atoms with E-state index in [4.69, 9.17) is 0 Å². The molecule has 7 unspecified atom stereocenters. The van der Waals surface area contributed by atoms with E-state index in [2.05, 4.69) is 17.5 Å². The number of nitrogens with zero attached hydrogens (tertiary/aromatic N) is 1. The zero-order valence-corrected chi connectivity index (χ0v) is 18.9. The molecule has 0 spiro atoms. The molecule has 3 amide bonds. The normalized spacial score (nSPS) is 31.1. The van der Waals surface area contributed by atoms with Gasteiger partial charge in [0, 0.05) is 17.7 Å². The van der Waals surface area contributed by atoms with Gasteiger partial charge in [0.1, 0.15) is 6.04 Å². The van der Waals surface area contributed by atoms with Crippen molar-refractivity contribution >= 4 is 29.2 Å². The first-order valence-corrected chi connectivity index (χ1v) is 11.9. The summed E-state index contributed by atoms with van der Waals surface area (Å²) in [7, 11) is 0. The summed E-state index contributed by atoms with van der Waals surface area (Å²) < 4.78 is 0. The smallest absolute Gasteiger partial charge is 0.248 e. The number of rotatable bonds is 6. The molecule has 7 rings (SSSR count). The Labute approximate surface area is 198 Å². The Bertz CT molecular complexity index is 1180. The minimum atomic E-state index is -0.934. The maximum atomic E-state index is 13.7. The van der Waals surface area contributed by atoms with E-state index in [-0.39, 0.29) is 47.7 Å². The molecule has 7 atom stereocenters. The van der Waals surface area contributed by atoms with E-state index in [1.54, 1.807) is 24.3 Å². The van der Waals surface area contributed by atoms with Gasteiger partial charge in [0.2, 0.25) is 17.7 Å². The van der Waals surface area contributed by atoms with Crippen molar-refractivity contribution in [3.05, 3.63) is 77.9 Å². The number of hydrogen-bond donors (Lipinski definition) is 1. The van der Waals surface area contributed by atoms with Gasteiger partial charge >= 0.3 is 0 Å². The lowest BCUT2D eigenvalue weighted by Gasteiger charge is -2.37. The summed E-state index contributed by atoms with van der Waals surface area (Å²) in [5, 5.41) is 2.87. The van der Waals surface area contributed by atoms with Gasteiger partial charge in [-0.15, -0.1) is 0 Å². The third-order valence-corrected chi connectivity index (χ3v) is 8.14. The molecule has 172 valence electrons. The summed E-state index contributed by atoms with van der Waals surface area (Å²) in [4.78, 5) is 53.7. The average molecular weight is 455 g/mol. The largest absolute Gasteiger partial charge is 0.324 e. The first-order valence-electron chi connectivity index (χ1n) is 11.9. The lowest BCUT2D eigenvalue weighted by Crippen LogP contribution is -2.49. The van der Waals surface area contributed by atoms with Crippen molar-refractivity contribution in [2.75, 3.05) is 5.32 Å². The maximum absolute atomic E-state index is 13.7. The molecule has 1 saturated heterocycles. The van der Waals surface area contributed by atoms with Crippen LogP contribution >= 0.6 is 0 Å². The molecule has 3 fully saturated rings. The summed E-state index contributed by atoms with van der Waals surface area (Å²) in [6.45, 7) is 1.49. The number of carbonyl (C=O) groups is 4. The Morgan fingerprint density at radius 2 is 1.50 bits per heavy atom. The molecule has 6 nitrogen and oxygen atoms in total. The predicted octanol–water partition coefficient (Wildman–Crippen LogP) is 3.49. The molecule has 2 saturated carbocycles. The lowest BCUT2D eigenvalue weighted by atomic mass is 9.63. The van der Waals surface area contributed by atoms with Gasteiger partial charge in [0.25, 0.3) is 0 Å². The summed E-state index contributed by atoms with van der Waals surface area (Å²) in [6.07, 6.45) is 5.62. The van der Waals surface area contributed by atoms with Gasteiger partial charge in [0.05, 0.1) is 11.8 Å². The fraction of sp³-hybridized carbons (Fsp3) is 0.357. The number of nitrogens with one attached hydrogen (secondary N) is 1. The summed E-state index contributed by atoms with van der Waals surface area (Å²) in [6, 6.07) is 15.2. The molecule has 1 heterocycles. The number of hydrogen-bond acceptors (Lipinski definition) is 4. The second-order valence-electron chi connectivity index (χ2n) is 10.0. The van der Waals surface area contributed by atoms with Crippen molar-refractivity contribution in [1.82, 2.24) is 4.90 Å². The molecule has 5 aliphatic rings. The van der Waals surface area contributed by atoms with Crippen LogP contribution in [0.2, 0.25) is 0 Å². The van der Waals surface area contributed by atoms with E-state index in [1.165, 1.54) is 11.8 Å². The quantitative estimate of drug-likeness (QED) is 0.411. The highest BCUT2D eigenvalue weighted by Gasteiger charge is 2.67. The van der Waals surface area contributed by atoms with Gasteiger partial charge in [-0.3, -0.25) is 24.1 Å². The number of carbonyl (C=O) groups excluding carboxylic acids is 4. The molecule has 1 aliphatic heterocycles. The first kappa shape index (κ1) is 21.0. The average Bonchev–Trinajstić information content (AvgIpc) is 3.62. The number of Topliss-reactive ketones (excluding diaryl/α,β-unsaturated/α-hetero) is 1. The van der Waals surface area contributed by atoms with Crippen molar-refractivity contribution in [1.29, 1.82) is 0 Å². The highest BCUT2D eigenvalue weighted by Crippen LogP contribution is 2.65. The number of imide groups is 1. The van der Waals surface area contributed by atoms with Gasteiger partial charge in [0.15, 0.2) is 5.78 Å². The lowest BCUT2D eigenvalue weighted by molar-refractivity contribution is -0.146. The van der Waals surface area contributed by atoms with Crippen LogP contribution < -0.4 is 5.32 Å². The second-order valence-corrected chi connectivity index (χ2v) is 10.0. The van der Waals surface area contributed by atoms with Crippen LogP contribution in [0.5, 0.6) is 0 Å². The van der Waals surface area contributed by atoms with Crippen molar-refractivity contribution in [2.45, 2.75) is 25.8 Å². The summed E-state index contributed by atoms with van der Waals surface area (Å²) in [5.41, 5.74) is 1.95. The second kappa shape index (κ2) is 7.76. The number of amides is 3. The molecule has 0 aromatic heterocycles. The zero-order chi connectivity index (χ0) is 23.6. The Morgan fingerprint density at radius 1 is 0.912 bits per heavy atom. The van der Waals surface area contributed by atoms with Gasteiger partial charge in [-0.05, 0) is 66.8 Å². The predicted molar refractivity (Wildman–Crippen MR) is 126 cm³/mol. The van der Waals surface area contributed by atoms with Crippen LogP contribution in [0.15, 0.2) is 66.7 Å². The molecule has 1 N–H and O–H groups in total. The number of allylic oxidation sites excluding steroid dienone is 2. The number of likely N-dealkylation sites (tertiary alicyclic amines) is 1. The van der Waals surface area contributed by atoms with Crippen molar-refractivity contribution in [2.24, 2.45) is 35.5 Å². The van der Waals surface area contributed by atoms with Crippen LogP contribution in [0.1, 0.15) is 29.3 Å². The Morgan fingerprint density at radius 3 is 2.06 bits per heavy atom. The topological polar surface area (TPSA) is 83.6 Å². The van der Waals surface area contributed by atoms with Crippen molar-refractivity contribution < 1.29 is 19.2 Å². The standard InChI is InChI=1S/C28H26N2O4/c1-15(31)17-7-9-18(10-8-17)29-26(32)23(13-16-5-3-2-4-6-16)30-27(33)24-19-11-12-20(22-14-21(19)22)25(24)28(30)34/h2-12,19-25H,13-14H2,1H3,(H,29,32). The minimum Gasteiger partial charge on any atom is -0.324 e. The third-order valence-electron chi connectivity index (χ3n) is 8.14. The Kier molecular flexibility index (Phi) is 4.80. The molecule has 4 aliphatic carbocycles. The number of ketones is 1. The van der Waals surface area contributed by atoms with Gasteiger partial charge in [-0.2, -0.15) is 0 Å². The molecular formula is C28H26N2O4. The van der Waals surface area contributed by atoms with E-state index >= 15 is 0 Å². The van der Waals surface area contributed by atoms with Crippen LogP contribution in [0.25, 0.3) is 0 Å². The van der Waals surface area contributed by atoms with Gasteiger partial charge < -0.3 is 5.32 Å². The highest BCUT2D eigenvalue weighted by atomic mass is 16.2. The fourth-order valence-corrected chi connectivity index (χ4v) is 6.44. The number of anilines is 1. The SMILES string of the molecule is CC(=O)c1ccc(NC(=O)C(Cc2ccccc2)N2C(=O)C3C4C=CC(C5CC45)C3C2=O)cc1. The van der Waals surface area contributed by atoms with Crippen LogP contribution in [0.4, 0.5) is 5.69 Å². The van der Waals surface area contributed by atoms with Crippen LogP contribution in [0, 0.1) is 35.5 Å². The Hall–Kier alpha value is -3.54. The molecule has 34 heavy (non-hydrogen) atoms. The number of benzene rings is 2. The van der Waals surface area contributed by atoms with Crippen molar-refractivity contribution in [3.63, 3.8) is 0 Å². The molecule has 0 radical (unpaired) electrons. The van der Waals surface area contributed by atoms with E-state index in [0.29, 0.717) is 23.1 Å². The minimum absolute atomic E-state index is 0.0583. The molecule has 2 aromatic rings. The summed E-state index contributed by atoms with van der Waals surface area (Å²) in [5.74, 6) is -0.308. The van der Waals surface area contributed by atoms with Gasteiger partial charge in [-0.1, -0.05) is 42.5 Å². The van der Waals surface area contributed by atoms with Gasteiger partial charge in [-0.25, -0.2) is 0 Å². The third kappa shape index (κ3) is 3.23. The highest BCUT2D eigenvalue weighted by molar-refractivity contribution is 6.11. The summed E-state index contributed by atoms with van der Waals surface area (Å²) >= 11 is 0. The van der Waals surface area contributed by atoms with Crippen LogP contribution in [0.3, 0.4) is 0 Å². The fourth-order valence-electron chi connectivity index (χ4n) is 6.44. The van der Waals surface area contributed by atoms with E-state index in [1.807, 2.05) is 30.3 Å². The first-order chi connectivity index (χ1) is 16.4. The van der Waals surface area contributed by atoms with Crippen LogP contribution in [-0.2, 0) is 20.8 Å². The van der Waals surface area contributed by atoms with E-state index in [9.17, 15) is 19.2 Å². The molecule has 6 heteroatoms.